The monoisotopic (exact) mass is 374 g/mol. The molecule has 0 saturated carbocycles. The SMILES string of the molecule is O=C(Cc1ccc(F)cc1)Cc1c(Cl)cc(Cl)cc1Br. The maximum atomic E-state index is 12.8. The molecule has 0 fully saturated rings. The lowest BCUT2D eigenvalue weighted by Crippen LogP contribution is -2.07. The van der Waals surface area contributed by atoms with E-state index in [0.717, 1.165) is 5.56 Å². The normalized spacial score (nSPS) is 10.6. The number of Topliss-reactive ketones (excluding diaryl/α,β-unsaturated/α-hetero) is 1. The van der Waals surface area contributed by atoms with Crippen LogP contribution in [0, 0.1) is 5.82 Å². The van der Waals surface area contributed by atoms with Gasteiger partial charge in [-0.3, -0.25) is 4.79 Å². The summed E-state index contributed by atoms with van der Waals surface area (Å²) in [6, 6.07) is 9.20. The molecule has 20 heavy (non-hydrogen) atoms. The quantitative estimate of drug-likeness (QED) is 0.713. The highest BCUT2D eigenvalue weighted by molar-refractivity contribution is 9.10. The van der Waals surface area contributed by atoms with Gasteiger partial charge in [0.2, 0.25) is 0 Å². The van der Waals surface area contributed by atoms with Gasteiger partial charge >= 0.3 is 0 Å². The average Bonchev–Trinajstić information content (AvgIpc) is 2.36. The Balaban J connectivity index is 2.10. The largest absolute Gasteiger partial charge is 0.299 e. The number of carbonyl (C=O) groups is 1. The lowest BCUT2D eigenvalue weighted by atomic mass is 10.0. The van der Waals surface area contributed by atoms with Gasteiger partial charge in [-0.15, -0.1) is 0 Å². The Morgan fingerprint density at radius 3 is 2.35 bits per heavy atom. The second-order valence-electron chi connectivity index (χ2n) is 4.37. The lowest BCUT2D eigenvalue weighted by molar-refractivity contribution is -0.117. The van der Waals surface area contributed by atoms with Crippen molar-refractivity contribution in [3.8, 4) is 0 Å². The van der Waals surface area contributed by atoms with Crippen molar-refractivity contribution in [3.63, 3.8) is 0 Å². The van der Waals surface area contributed by atoms with Gasteiger partial charge in [-0.1, -0.05) is 51.3 Å². The first-order chi connectivity index (χ1) is 9.45. The molecular weight excluding hydrogens is 366 g/mol. The molecule has 0 aliphatic heterocycles. The maximum absolute atomic E-state index is 12.8. The van der Waals surface area contributed by atoms with E-state index in [4.69, 9.17) is 23.2 Å². The van der Waals surface area contributed by atoms with Gasteiger partial charge in [0, 0.05) is 27.4 Å². The van der Waals surface area contributed by atoms with Crippen LogP contribution in [0.3, 0.4) is 0 Å². The van der Waals surface area contributed by atoms with Gasteiger partial charge in [0.15, 0.2) is 0 Å². The summed E-state index contributed by atoms with van der Waals surface area (Å²) < 4.78 is 13.5. The van der Waals surface area contributed by atoms with E-state index >= 15 is 0 Å². The van der Waals surface area contributed by atoms with Crippen molar-refractivity contribution in [2.24, 2.45) is 0 Å². The molecule has 0 N–H and O–H groups in total. The van der Waals surface area contributed by atoms with Crippen molar-refractivity contribution < 1.29 is 9.18 Å². The van der Waals surface area contributed by atoms with Crippen molar-refractivity contribution in [1.82, 2.24) is 0 Å². The van der Waals surface area contributed by atoms with E-state index in [2.05, 4.69) is 15.9 Å². The molecule has 2 rings (SSSR count). The molecule has 0 aromatic heterocycles. The Labute approximate surface area is 134 Å². The Morgan fingerprint density at radius 2 is 1.75 bits per heavy atom. The highest BCUT2D eigenvalue weighted by atomic mass is 79.9. The van der Waals surface area contributed by atoms with Crippen LogP contribution >= 0.6 is 39.1 Å². The summed E-state index contributed by atoms with van der Waals surface area (Å²) in [6.07, 6.45) is 0.444. The molecular formula is C15H10BrCl2FO. The number of benzene rings is 2. The minimum Gasteiger partial charge on any atom is -0.299 e. The Kier molecular flexibility index (Phi) is 5.19. The lowest BCUT2D eigenvalue weighted by Gasteiger charge is -2.07. The second kappa shape index (κ2) is 6.70. The number of rotatable bonds is 4. The smallest absolute Gasteiger partial charge is 0.141 e. The molecule has 0 unspecified atom stereocenters. The number of halogens is 4. The third-order valence-electron chi connectivity index (χ3n) is 2.79. The first kappa shape index (κ1) is 15.5. The molecule has 1 nitrogen and oxygen atoms in total. The van der Waals surface area contributed by atoms with Crippen LogP contribution in [0.2, 0.25) is 10.0 Å². The Bertz CT molecular complexity index is 618. The van der Waals surface area contributed by atoms with Crippen LogP contribution in [-0.4, -0.2) is 5.78 Å². The van der Waals surface area contributed by atoms with E-state index in [-0.39, 0.29) is 24.4 Å². The summed E-state index contributed by atoms with van der Waals surface area (Å²) >= 11 is 15.3. The maximum Gasteiger partial charge on any atom is 0.141 e. The van der Waals surface area contributed by atoms with Crippen LogP contribution in [0.4, 0.5) is 4.39 Å². The fourth-order valence-corrected chi connectivity index (χ4v) is 3.24. The van der Waals surface area contributed by atoms with Crippen LogP contribution in [-0.2, 0) is 17.6 Å². The van der Waals surface area contributed by atoms with Crippen molar-refractivity contribution in [2.45, 2.75) is 12.8 Å². The van der Waals surface area contributed by atoms with E-state index in [9.17, 15) is 9.18 Å². The van der Waals surface area contributed by atoms with Gasteiger partial charge in [-0.05, 0) is 35.4 Å². The second-order valence-corrected chi connectivity index (χ2v) is 6.06. The molecule has 0 spiro atoms. The van der Waals surface area contributed by atoms with E-state index in [0.29, 0.717) is 20.1 Å². The van der Waals surface area contributed by atoms with Gasteiger partial charge in [0.05, 0.1) is 0 Å². The predicted molar refractivity (Wildman–Crippen MR) is 83.0 cm³/mol. The third kappa shape index (κ3) is 4.05. The van der Waals surface area contributed by atoms with Crippen LogP contribution in [0.25, 0.3) is 0 Å². The summed E-state index contributed by atoms with van der Waals surface area (Å²) in [5.41, 5.74) is 1.49. The molecule has 104 valence electrons. The number of ketones is 1. The van der Waals surface area contributed by atoms with E-state index in [1.165, 1.54) is 12.1 Å². The molecule has 0 radical (unpaired) electrons. The third-order valence-corrected chi connectivity index (χ3v) is 4.06. The summed E-state index contributed by atoms with van der Waals surface area (Å²) in [5.74, 6) is -0.314. The Hall–Kier alpha value is -0.900. The summed E-state index contributed by atoms with van der Waals surface area (Å²) in [5, 5.41) is 0.966. The van der Waals surface area contributed by atoms with E-state index < -0.39 is 0 Å². The molecule has 0 aliphatic carbocycles. The summed E-state index contributed by atoms with van der Waals surface area (Å²) in [4.78, 5) is 12.0. The Morgan fingerprint density at radius 1 is 1.10 bits per heavy atom. The number of carbonyl (C=O) groups excluding carboxylic acids is 1. The van der Waals surface area contributed by atoms with Crippen molar-refractivity contribution in [2.75, 3.05) is 0 Å². The molecule has 2 aromatic rings. The first-order valence-corrected chi connectivity index (χ1v) is 7.40. The summed E-state index contributed by atoms with van der Waals surface area (Å²) in [7, 11) is 0. The van der Waals surface area contributed by atoms with Crippen molar-refractivity contribution >= 4 is 44.9 Å². The summed E-state index contributed by atoms with van der Waals surface area (Å²) in [6.45, 7) is 0. The zero-order chi connectivity index (χ0) is 14.7. The van der Waals surface area contributed by atoms with Gasteiger partial charge in [0.1, 0.15) is 11.6 Å². The van der Waals surface area contributed by atoms with Crippen LogP contribution < -0.4 is 0 Å². The highest BCUT2D eigenvalue weighted by Gasteiger charge is 2.12. The molecule has 0 aliphatic rings. The van der Waals surface area contributed by atoms with Gasteiger partial charge < -0.3 is 0 Å². The van der Waals surface area contributed by atoms with E-state index in [1.54, 1.807) is 24.3 Å². The molecule has 0 saturated heterocycles. The minimum atomic E-state index is -0.315. The molecule has 0 amide bonds. The zero-order valence-electron chi connectivity index (χ0n) is 10.3. The number of hydrogen-bond acceptors (Lipinski definition) is 1. The fourth-order valence-electron chi connectivity index (χ4n) is 1.83. The van der Waals surface area contributed by atoms with Crippen LogP contribution in [0.1, 0.15) is 11.1 Å². The first-order valence-electron chi connectivity index (χ1n) is 5.85. The zero-order valence-corrected chi connectivity index (χ0v) is 13.4. The van der Waals surface area contributed by atoms with Gasteiger partial charge in [-0.2, -0.15) is 0 Å². The van der Waals surface area contributed by atoms with Crippen LogP contribution in [0.5, 0.6) is 0 Å². The number of hydrogen-bond donors (Lipinski definition) is 0. The standard InChI is InChI=1S/C15H10BrCl2FO/c16-14-6-10(17)7-15(18)13(14)8-12(20)5-9-1-3-11(19)4-2-9/h1-4,6-7H,5,8H2. The van der Waals surface area contributed by atoms with E-state index in [1.807, 2.05) is 0 Å². The molecule has 5 heteroatoms. The molecule has 0 atom stereocenters. The van der Waals surface area contributed by atoms with Gasteiger partial charge in [0.25, 0.3) is 0 Å². The molecule has 0 bridgehead atoms. The molecule has 0 heterocycles. The predicted octanol–water partition coefficient (Wildman–Crippen LogP) is 5.25. The van der Waals surface area contributed by atoms with Crippen molar-refractivity contribution in [3.05, 3.63) is 67.9 Å². The van der Waals surface area contributed by atoms with Crippen LogP contribution in [0.15, 0.2) is 40.9 Å². The van der Waals surface area contributed by atoms with Gasteiger partial charge in [-0.25, -0.2) is 4.39 Å². The van der Waals surface area contributed by atoms with Crippen molar-refractivity contribution in [1.29, 1.82) is 0 Å². The highest BCUT2D eigenvalue weighted by Crippen LogP contribution is 2.30. The average molecular weight is 376 g/mol. The minimum absolute atomic E-state index is 0.00142. The molecule has 2 aromatic carbocycles. The fraction of sp³-hybridized carbons (Fsp3) is 0.133. The topological polar surface area (TPSA) is 17.1 Å².